The van der Waals surface area contributed by atoms with Gasteiger partial charge in [0, 0.05) is 49.3 Å². The predicted octanol–water partition coefficient (Wildman–Crippen LogP) is 4.42. The van der Waals surface area contributed by atoms with Crippen molar-refractivity contribution in [3.8, 4) is 5.75 Å². The van der Waals surface area contributed by atoms with E-state index < -0.39 is 6.09 Å². The second-order valence-corrected chi connectivity index (χ2v) is 11.1. The molecule has 2 heterocycles. The summed E-state index contributed by atoms with van der Waals surface area (Å²) in [4.78, 5) is 26.2. The van der Waals surface area contributed by atoms with Gasteiger partial charge in [0.05, 0.1) is 6.33 Å². The lowest BCUT2D eigenvalue weighted by molar-refractivity contribution is -0.167. The van der Waals surface area contributed by atoms with Gasteiger partial charge in [-0.3, -0.25) is 4.79 Å². The van der Waals surface area contributed by atoms with Crippen LogP contribution in [0.3, 0.4) is 0 Å². The summed E-state index contributed by atoms with van der Waals surface area (Å²) in [7, 11) is 0. The maximum atomic E-state index is 13.5. The molecule has 0 radical (unpaired) electrons. The molecule has 5 fully saturated rings. The molecule has 2 bridgehead atoms. The van der Waals surface area contributed by atoms with E-state index in [1.54, 1.807) is 0 Å². The zero-order valence-corrected chi connectivity index (χ0v) is 20.2. The highest BCUT2D eigenvalue weighted by Gasteiger charge is 2.56. The van der Waals surface area contributed by atoms with Gasteiger partial charge in [0.2, 0.25) is 5.91 Å². The zero-order chi connectivity index (χ0) is 24.5. The van der Waals surface area contributed by atoms with Crippen LogP contribution in [0.2, 0.25) is 0 Å². The number of nitrogens with one attached hydrogen (secondary N) is 1. The smallest absolute Gasteiger partial charge is 0.404 e. The van der Waals surface area contributed by atoms with Crippen molar-refractivity contribution >= 4 is 12.0 Å². The number of carboxylic acid groups (broad SMARTS) is 1. The molecular formula is C27H35FN2O5. The summed E-state index contributed by atoms with van der Waals surface area (Å²) in [5.41, 5.74) is 1.77. The summed E-state index contributed by atoms with van der Waals surface area (Å²) >= 11 is 0. The summed E-state index contributed by atoms with van der Waals surface area (Å²) in [6.07, 6.45) is 7.29. The number of likely N-dealkylation sites (tertiary alicyclic amines) is 1. The number of amides is 2. The Morgan fingerprint density at radius 2 is 1.66 bits per heavy atom. The van der Waals surface area contributed by atoms with E-state index in [2.05, 4.69) is 22.3 Å². The van der Waals surface area contributed by atoms with E-state index in [0.29, 0.717) is 23.4 Å². The number of carbonyl (C=O) groups excluding carboxylic acids is 1. The number of hydrogen-bond acceptors (Lipinski definition) is 4. The van der Waals surface area contributed by atoms with Gasteiger partial charge in [-0.25, -0.2) is 9.18 Å². The molecule has 0 atom stereocenters. The first-order valence-corrected chi connectivity index (χ1v) is 12.7. The number of fused-ring (bicyclic) bond motifs is 3. The van der Waals surface area contributed by atoms with Gasteiger partial charge in [-0.1, -0.05) is 12.1 Å². The Morgan fingerprint density at radius 3 is 2.23 bits per heavy atom. The van der Waals surface area contributed by atoms with Gasteiger partial charge < -0.3 is 24.8 Å². The highest BCUT2D eigenvalue weighted by molar-refractivity contribution is 5.84. The van der Waals surface area contributed by atoms with Crippen molar-refractivity contribution < 1.29 is 28.6 Å². The summed E-state index contributed by atoms with van der Waals surface area (Å²) in [6, 6.07) is 7.99. The van der Waals surface area contributed by atoms with Gasteiger partial charge in [0.15, 0.2) is 0 Å². The zero-order valence-electron chi connectivity index (χ0n) is 20.2. The molecule has 5 aliphatic rings. The molecule has 1 aromatic carbocycles. The Bertz CT molecular complexity index is 953. The van der Waals surface area contributed by atoms with Crippen LogP contribution in [-0.2, 0) is 14.9 Å². The third kappa shape index (κ3) is 4.65. The fourth-order valence-electron chi connectivity index (χ4n) is 6.69. The molecule has 3 saturated carbocycles. The Hall–Kier alpha value is -2.61. The van der Waals surface area contributed by atoms with Crippen LogP contribution in [0.5, 0.6) is 5.75 Å². The second-order valence-electron chi connectivity index (χ2n) is 11.1. The highest BCUT2D eigenvalue weighted by atomic mass is 19.1. The van der Waals surface area contributed by atoms with Gasteiger partial charge in [0.25, 0.3) is 0 Å². The SMILES string of the molecule is O=C(O)NCC(=CF)COc1ccc(C23CCC(C(=O)N4CC5(CCOCC5)C4)(CC2)CC3)cc1. The molecule has 6 rings (SSSR count). The van der Waals surface area contributed by atoms with E-state index in [-0.39, 0.29) is 29.6 Å². The summed E-state index contributed by atoms with van der Waals surface area (Å²) in [5, 5.41) is 10.8. The summed E-state index contributed by atoms with van der Waals surface area (Å²) in [5.74, 6) is 1.01. The Morgan fingerprint density at radius 1 is 1.03 bits per heavy atom. The van der Waals surface area contributed by atoms with Crippen LogP contribution in [0.1, 0.15) is 56.9 Å². The molecule has 2 aliphatic heterocycles. The maximum Gasteiger partial charge on any atom is 0.404 e. The lowest BCUT2D eigenvalue weighted by Gasteiger charge is -2.58. The van der Waals surface area contributed by atoms with Crippen molar-refractivity contribution in [3.63, 3.8) is 0 Å². The fourth-order valence-corrected chi connectivity index (χ4v) is 6.69. The van der Waals surface area contributed by atoms with Crippen molar-refractivity contribution in [1.82, 2.24) is 10.2 Å². The van der Waals surface area contributed by atoms with E-state index in [9.17, 15) is 14.0 Å². The van der Waals surface area contributed by atoms with Crippen LogP contribution in [-0.4, -0.2) is 61.5 Å². The van der Waals surface area contributed by atoms with E-state index in [4.69, 9.17) is 14.6 Å². The molecule has 1 aromatic rings. The standard InChI is InChI=1S/C27H35FN2O5/c28-15-20(16-29-24(32)33)17-35-22-3-1-21(2-4-22)26-5-8-27(9-6-26,10-7-26)23(31)30-18-25(19-30)11-13-34-14-12-25/h1-4,15,29H,5-14,16-19H2,(H,32,33). The molecule has 8 heteroatoms. The van der Waals surface area contributed by atoms with Crippen LogP contribution < -0.4 is 10.1 Å². The number of carbonyl (C=O) groups is 2. The van der Waals surface area contributed by atoms with Crippen LogP contribution in [0.15, 0.2) is 36.2 Å². The van der Waals surface area contributed by atoms with E-state index >= 15 is 0 Å². The third-order valence-corrected chi connectivity index (χ3v) is 9.11. The van der Waals surface area contributed by atoms with Crippen LogP contribution >= 0.6 is 0 Å². The third-order valence-electron chi connectivity index (χ3n) is 9.11. The quantitative estimate of drug-likeness (QED) is 0.596. The van der Waals surface area contributed by atoms with Gasteiger partial charge in [-0.2, -0.15) is 0 Å². The van der Waals surface area contributed by atoms with Crippen molar-refractivity contribution in [2.75, 3.05) is 39.5 Å². The molecular weight excluding hydrogens is 451 g/mol. The van der Waals surface area contributed by atoms with Gasteiger partial charge in [-0.15, -0.1) is 0 Å². The Labute approximate surface area is 205 Å². The minimum atomic E-state index is -1.20. The molecule has 7 nitrogen and oxygen atoms in total. The van der Waals surface area contributed by atoms with Crippen LogP contribution in [0.4, 0.5) is 9.18 Å². The topological polar surface area (TPSA) is 88.1 Å². The molecule has 1 spiro atoms. The molecule has 0 unspecified atom stereocenters. The lowest BCUT2D eigenvalue weighted by Crippen LogP contribution is -2.64. The van der Waals surface area contributed by atoms with Crippen molar-refractivity contribution in [3.05, 3.63) is 41.7 Å². The Kier molecular flexibility index (Phi) is 6.51. The first-order valence-electron chi connectivity index (χ1n) is 12.7. The highest BCUT2D eigenvalue weighted by Crippen LogP contribution is 2.59. The molecule has 2 saturated heterocycles. The normalized spacial score (nSPS) is 29.5. The number of ether oxygens (including phenoxy) is 2. The first-order chi connectivity index (χ1) is 16.9. The minimum Gasteiger partial charge on any atom is -0.489 e. The first kappa shape index (κ1) is 24.1. The molecule has 190 valence electrons. The van der Waals surface area contributed by atoms with Gasteiger partial charge >= 0.3 is 6.09 Å². The van der Waals surface area contributed by atoms with Gasteiger partial charge in [-0.05, 0) is 74.5 Å². The molecule has 2 amide bonds. The monoisotopic (exact) mass is 486 g/mol. The van der Waals surface area contributed by atoms with Crippen molar-refractivity contribution in [2.45, 2.75) is 56.8 Å². The predicted molar refractivity (Wildman–Crippen MR) is 128 cm³/mol. The van der Waals surface area contributed by atoms with Crippen LogP contribution in [0, 0.1) is 10.8 Å². The van der Waals surface area contributed by atoms with Crippen molar-refractivity contribution in [2.24, 2.45) is 10.8 Å². The molecule has 2 N–H and O–H groups in total. The van der Waals surface area contributed by atoms with Crippen molar-refractivity contribution in [1.29, 1.82) is 0 Å². The van der Waals surface area contributed by atoms with Crippen LogP contribution in [0.25, 0.3) is 0 Å². The maximum absolute atomic E-state index is 13.5. The number of nitrogens with zero attached hydrogens (tertiary/aromatic N) is 1. The van der Waals surface area contributed by atoms with Gasteiger partial charge in [0.1, 0.15) is 12.4 Å². The largest absolute Gasteiger partial charge is 0.489 e. The minimum absolute atomic E-state index is 0.0172. The average Bonchev–Trinajstić information content (AvgIpc) is 2.88. The lowest BCUT2D eigenvalue weighted by atomic mass is 9.51. The number of halogens is 1. The van der Waals surface area contributed by atoms with E-state index in [0.717, 1.165) is 77.7 Å². The van der Waals surface area contributed by atoms with E-state index in [1.165, 1.54) is 5.56 Å². The number of hydrogen-bond donors (Lipinski definition) is 2. The summed E-state index contributed by atoms with van der Waals surface area (Å²) < 4.78 is 24.1. The van der Waals surface area contributed by atoms with E-state index in [1.807, 2.05) is 12.1 Å². The molecule has 35 heavy (non-hydrogen) atoms. The molecule has 3 aliphatic carbocycles. The number of benzene rings is 1. The Balaban J connectivity index is 1.15. The average molecular weight is 487 g/mol. The fraction of sp³-hybridized carbons (Fsp3) is 0.630. The second kappa shape index (κ2) is 9.45. The molecule has 0 aromatic heterocycles. The number of rotatable bonds is 7. The summed E-state index contributed by atoms with van der Waals surface area (Å²) in [6.45, 7) is 3.35.